The van der Waals surface area contributed by atoms with E-state index in [9.17, 15) is 9.90 Å². The van der Waals surface area contributed by atoms with Crippen molar-refractivity contribution in [3.63, 3.8) is 0 Å². The lowest BCUT2D eigenvalue weighted by Gasteiger charge is -2.35. The minimum atomic E-state index is -0.438. The Hall–Kier alpha value is -0.770. The van der Waals surface area contributed by atoms with Gasteiger partial charge in [-0.3, -0.25) is 0 Å². The molecule has 1 aliphatic rings. The number of rotatable bonds is 4. The van der Waals surface area contributed by atoms with E-state index in [1.807, 2.05) is 13.8 Å². The van der Waals surface area contributed by atoms with E-state index in [-0.39, 0.29) is 6.61 Å². The lowest BCUT2D eigenvalue weighted by Crippen LogP contribution is -2.52. The van der Waals surface area contributed by atoms with Crippen molar-refractivity contribution in [1.82, 2.24) is 5.32 Å². The predicted octanol–water partition coefficient (Wildman–Crippen LogP) is 2.06. The Bertz CT molecular complexity index is 222. The van der Waals surface area contributed by atoms with Gasteiger partial charge < -0.3 is 15.2 Å². The van der Waals surface area contributed by atoms with E-state index >= 15 is 0 Å². The minimum absolute atomic E-state index is 0.00375. The fraction of sp³-hybridized carbons (Fsp3) is 0.917. The number of nitrogens with one attached hydrogen (secondary N) is 1. The van der Waals surface area contributed by atoms with Crippen LogP contribution in [0, 0.1) is 5.92 Å². The highest BCUT2D eigenvalue weighted by molar-refractivity contribution is 5.68. The molecule has 0 bridgehead atoms. The van der Waals surface area contributed by atoms with E-state index in [1.54, 1.807) is 0 Å². The van der Waals surface area contributed by atoms with Gasteiger partial charge in [-0.05, 0) is 18.8 Å². The van der Waals surface area contributed by atoms with Crippen molar-refractivity contribution in [2.75, 3.05) is 13.2 Å². The van der Waals surface area contributed by atoms with Crippen LogP contribution < -0.4 is 5.32 Å². The molecule has 4 heteroatoms. The topological polar surface area (TPSA) is 58.6 Å². The van der Waals surface area contributed by atoms with Crippen LogP contribution in [0.15, 0.2) is 0 Å². The lowest BCUT2D eigenvalue weighted by molar-refractivity contribution is 0.0866. The molecule has 16 heavy (non-hydrogen) atoms. The number of hydrogen-bond donors (Lipinski definition) is 2. The molecule has 0 spiro atoms. The van der Waals surface area contributed by atoms with Crippen molar-refractivity contribution in [3.05, 3.63) is 0 Å². The van der Waals surface area contributed by atoms with Crippen LogP contribution in [-0.4, -0.2) is 30.0 Å². The van der Waals surface area contributed by atoms with Gasteiger partial charge in [0.05, 0.1) is 18.8 Å². The van der Waals surface area contributed by atoms with Crippen LogP contribution in [0.4, 0.5) is 4.79 Å². The summed E-state index contributed by atoms with van der Waals surface area (Å²) in [5, 5.41) is 12.2. The molecule has 0 radical (unpaired) electrons. The third-order valence-electron chi connectivity index (χ3n) is 3.03. The lowest BCUT2D eigenvalue weighted by atomic mass is 9.82. The van der Waals surface area contributed by atoms with Gasteiger partial charge in [0.15, 0.2) is 0 Å². The number of carbonyl (C=O) groups is 1. The molecule has 0 heterocycles. The maximum absolute atomic E-state index is 11.5. The van der Waals surface area contributed by atoms with Gasteiger partial charge >= 0.3 is 6.09 Å². The zero-order valence-electron chi connectivity index (χ0n) is 10.3. The zero-order chi connectivity index (χ0) is 12.0. The summed E-state index contributed by atoms with van der Waals surface area (Å²) in [4.78, 5) is 11.5. The SMILES string of the molecule is CC(C)COC(=O)NC1(CO)CCCCC1. The average Bonchev–Trinajstić information content (AvgIpc) is 2.28. The van der Waals surface area contributed by atoms with Gasteiger partial charge in [0.1, 0.15) is 0 Å². The Morgan fingerprint density at radius 1 is 1.38 bits per heavy atom. The summed E-state index contributed by atoms with van der Waals surface area (Å²) in [7, 11) is 0. The molecule has 2 N–H and O–H groups in total. The van der Waals surface area contributed by atoms with Crippen LogP contribution in [0.2, 0.25) is 0 Å². The molecule has 1 saturated carbocycles. The number of aliphatic hydroxyl groups is 1. The van der Waals surface area contributed by atoms with Crippen molar-refractivity contribution in [2.45, 2.75) is 51.5 Å². The number of hydrogen-bond acceptors (Lipinski definition) is 3. The highest BCUT2D eigenvalue weighted by atomic mass is 16.5. The third kappa shape index (κ3) is 4.00. The summed E-state index contributed by atoms with van der Waals surface area (Å²) in [6.45, 7) is 4.42. The van der Waals surface area contributed by atoms with Crippen molar-refractivity contribution < 1.29 is 14.6 Å². The van der Waals surface area contributed by atoms with Gasteiger partial charge in [-0.1, -0.05) is 33.1 Å². The smallest absolute Gasteiger partial charge is 0.407 e. The highest BCUT2D eigenvalue weighted by Crippen LogP contribution is 2.27. The first-order valence-corrected chi connectivity index (χ1v) is 6.14. The number of alkyl carbamates (subject to hydrolysis) is 1. The van der Waals surface area contributed by atoms with Crippen LogP contribution in [0.25, 0.3) is 0 Å². The van der Waals surface area contributed by atoms with Crippen molar-refractivity contribution in [2.24, 2.45) is 5.92 Å². The number of ether oxygens (including phenoxy) is 1. The monoisotopic (exact) mass is 229 g/mol. The second-order valence-corrected chi connectivity index (χ2v) is 5.12. The highest BCUT2D eigenvalue weighted by Gasteiger charge is 2.33. The van der Waals surface area contributed by atoms with E-state index in [2.05, 4.69) is 5.32 Å². The summed E-state index contributed by atoms with van der Waals surface area (Å²) in [6.07, 6.45) is 4.60. The summed E-state index contributed by atoms with van der Waals surface area (Å²) >= 11 is 0. The Morgan fingerprint density at radius 2 is 2.00 bits per heavy atom. The van der Waals surface area contributed by atoms with E-state index in [0.29, 0.717) is 12.5 Å². The molecule has 0 aromatic carbocycles. The Morgan fingerprint density at radius 3 is 2.50 bits per heavy atom. The molecule has 4 nitrogen and oxygen atoms in total. The van der Waals surface area contributed by atoms with Crippen molar-refractivity contribution >= 4 is 6.09 Å². The first-order chi connectivity index (χ1) is 7.58. The number of carbonyl (C=O) groups excluding carboxylic acids is 1. The standard InChI is InChI=1S/C12H23NO3/c1-10(2)8-16-11(15)13-12(9-14)6-4-3-5-7-12/h10,14H,3-9H2,1-2H3,(H,13,15). The van der Waals surface area contributed by atoms with Gasteiger partial charge in [0.25, 0.3) is 0 Å². The van der Waals surface area contributed by atoms with Gasteiger partial charge in [0.2, 0.25) is 0 Å². The van der Waals surface area contributed by atoms with Gasteiger partial charge in [0, 0.05) is 0 Å². The van der Waals surface area contributed by atoms with Gasteiger partial charge in [-0.2, -0.15) is 0 Å². The van der Waals surface area contributed by atoms with Crippen molar-refractivity contribution in [1.29, 1.82) is 0 Å². The molecule has 0 aromatic rings. The molecular weight excluding hydrogens is 206 g/mol. The van der Waals surface area contributed by atoms with Crippen LogP contribution in [-0.2, 0) is 4.74 Å². The zero-order valence-corrected chi connectivity index (χ0v) is 10.3. The first-order valence-electron chi connectivity index (χ1n) is 6.14. The van der Waals surface area contributed by atoms with Crippen LogP contribution in [0.1, 0.15) is 46.0 Å². The van der Waals surface area contributed by atoms with Gasteiger partial charge in [-0.15, -0.1) is 0 Å². The predicted molar refractivity (Wildman–Crippen MR) is 62.2 cm³/mol. The molecule has 94 valence electrons. The Kier molecular flexibility index (Phi) is 5.06. The van der Waals surface area contributed by atoms with E-state index in [1.165, 1.54) is 6.42 Å². The van der Waals surface area contributed by atoms with Crippen LogP contribution >= 0.6 is 0 Å². The second kappa shape index (κ2) is 6.09. The fourth-order valence-electron chi connectivity index (χ4n) is 2.05. The molecule has 1 rings (SSSR count). The second-order valence-electron chi connectivity index (χ2n) is 5.12. The van der Waals surface area contributed by atoms with Crippen LogP contribution in [0.5, 0.6) is 0 Å². The summed E-state index contributed by atoms with van der Waals surface area (Å²) in [6, 6.07) is 0. The average molecular weight is 229 g/mol. The van der Waals surface area contributed by atoms with Crippen LogP contribution in [0.3, 0.4) is 0 Å². The summed E-state index contributed by atoms with van der Waals surface area (Å²) in [5.74, 6) is 0.335. The molecule has 0 atom stereocenters. The van der Waals surface area contributed by atoms with E-state index < -0.39 is 11.6 Å². The van der Waals surface area contributed by atoms with Gasteiger partial charge in [-0.25, -0.2) is 4.79 Å². The molecule has 0 saturated heterocycles. The maximum Gasteiger partial charge on any atom is 0.407 e. The molecule has 1 amide bonds. The molecule has 1 fully saturated rings. The Balaban J connectivity index is 2.39. The molecule has 0 aliphatic heterocycles. The number of amides is 1. The maximum atomic E-state index is 11.5. The minimum Gasteiger partial charge on any atom is -0.449 e. The van der Waals surface area contributed by atoms with Crippen molar-refractivity contribution in [3.8, 4) is 0 Å². The molecule has 0 aromatic heterocycles. The fourth-order valence-corrected chi connectivity index (χ4v) is 2.05. The largest absolute Gasteiger partial charge is 0.449 e. The summed E-state index contributed by atoms with van der Waals surface area (Å²) < 4.78 is 5.07. The Labute approximate surface area is 97.4 Å². The summed E-state index contributed by atoms with van der Waals surface area (Å²) in [5.41, 5.74) is -0.438. The van der Waals surface area contributed by atoms with E-state index in [4.69, 9.17) is 4.74 Å². The molecule has 1 aliphatic carbocycles. The first kappa shape index (κ1) is 13.3. The normalized spacial score (nSPS) is 19.5. The third-order valence-corrected chi connectivity index (χ3v) is 3.03. The molecular formula is C12H23NO3. The quantitative estimate of drug-likeness (QED) is 0.775. The number of aliphatic hydroxyl groups excluding tert-OH is 1. The van der Waals surface area contributed by atoms with E-state index in [0.717, 1.165) is 25.7 Å². The molecule has 0 unspecified atom stereocenters.